The van der Waals surface area contributed by atoms with Crippen LogP contribution in [-0.2, 0) is 4.79 Å². The Kier molecular flexibility index (Phi) is 5.77. The molecule has 1 atom stereocenters. The molecule has 1 aliphatic heterocycles. The largest absolute Gasteiger partial charge is 0.325 e. The summed E-state index contributed by atoms with van der Waals surface area (Å²) in [5.74, 6) is 0.0303. The third-order valence-corrected chi connectivity index (χ3v) is 4.02. The van der Waals surface area contributed by atoms with E-state index >= 15 is 0 Å². The van der Waals surface area contributed by atoms with Crippen LogP contribution in [0.2, 0.25) is 0 Å². The number of likely N-dealkylation sites (tertiary alicyclic amines) is 1. The highest BCUT2D eigenvalue weighted by molar-refractivity contribution is 5.92. The van der Waals surface area contributed by atoms with Gasteiger partial charge in [-0.05, 0) is 50.1 Å². The number of anilines is 1. The third kappa shape index (κ3) is 4.57. The number of piperidine rings is 1. The van der Waals surface area contributed by atoms with Gasteiger partial charge in [-0.3, -0.25) is 9.69 Å². The highest BCUT2D eigenvalue weighted by Crippen LogP contribution is 2.20. The molecule has 21 heavy (non-hydrogen) atoms. The molecule has 1 saturated heterocycles. The second-order valence-electron chi connectivity index (χ2n) is 5.65. The van der Waals surface area contributed by atoms with Gasteiger partial charge in [0.1, 0.15) is 0 Å². The topological polar surface area (TPSA) is 56.1 Å². The monoisotopic (exact) mass is 285 g/mol. The summed E-state index contributed by atoms with van der Waals surface area (Å²) < 4.78 is 0. The first-order chi connectivity index (χ1) is 10.2. The van der Waals surface area contributed by atoms with E-state index in [4.69, 9.17) is 5.26 Å². The summed E-state index contributed by atoms with van der Waals surface area (Å²) in [6.45, 7) is 3.68. The molecule has 4 heteroatoms. The van der Waals surface area contributed by atoms with E-state index in [0.29, 0.717) is 18.2 Å². The Morgan fingerprint density at radius 1 is 1.38 bits per heavy atom. The predicted octanol–water partition coefficient (Wildman–Crippen LogP) is 3.15. The van der Waals surface area contributed by atoms with E-state index < -0.39 is 0 Å². The molecule has 4 nitrogen and oxygen atoms in total. The number of rotatable bonds is 5. The van der Waals surface area contributed by atoms with Gasteiger partial charge < -0.3 is 5.32 Å². The molecule has 1 unspecified atom stereocenters. The first-order valence-electron chi connectivity index (χ1n) is 7.77. The zero-order valence-corrected chi connectivity index (χ0v) is 12.6. The highest BCUT2D eigenvalue weighted by atomic mass is 16.2. The van der Waals surface area contributed by atoms with Crippen LogP contribution >= 0.6 is 0 Å². The van der Waals surface area contributed by atoms with E-state index in [1.54, 1.807) is 24.3 Å². The van der Waals surface area contributed by atoms with E-state index in [0.717, 1.165) is 12.2 Å². The van der Waals surface area contributed by atoms with Crippen LogP contribution in [0.1, 0.15) is 44.6 Å². The number of nitrogens with one attached hydrogen (secondary N) is 1. The molecular formula is C17H23N3O. The van der Waals surface area contributed by atoms with E-state index in [-0.39, 0.29) is 5.91 Å². The minimum absolute atomic E-state index is 0.0303. The fourth-order valence-electron chi connectivity index (χ4n) is 2.94. The maximum atomic E-state index is 12.2. The van der Waals surface area contributed by atoms with Crippen LogP contribution in [0.4, 0.5) is 5.69 Å². The molecular weight excluding hydrogens is 262 g/mol. The average molecular weight is 285 g/mol. The predicted molar refractivity (Wildman–Crippen MR) is 83.9 cm³/mol. The van der Waals surface area contributed by atoms with Crippen molar-refractivity contribution in [2.45, 2.75) is 45.1 Å². The van der Waals surface area contributed by atoms with Crippen LogP contribution in [0.25, 0.3) is 0 Å². The molecule has 1 aliphatic rings. The molecule has 1 fully saturated rings. The van der Waals surface area contributed by atoms with Gasteiger partial charge in [0, 0.05) is 11.7 Å². The van der Waals surface area contributed by atoms with Crippen LogP contribution in [0.3, 0.4) is 0 Å². The minimum Gasteiger partial charge on any atom is -0.325 e. The van der Waals surface area contributed by atoms with Gasteiger partial charge in [0.15, 0.2) is 0 Å². The molecule has 112 valence electrons. The summed E-state index contributed by atoms with van der Waals surface area (Å²) in [6, 6.07) is 9.61. The second kappa shape index (κ2) is 7.80. The standard InChI is InChI=1S/C17H23N3O/c1-2-5-16-6-3-4-11-20(16)13-17(21)19-15-9-7-14(12-18)8-10-15/h7-10,16H,2-6,11,13H2,1H3,(H,19,21). The lowest BCUT2D eigenvalue weighted by molar-refractivity contribution is -0.118. The van der Waals surface area contributed by atoms with Crippen LogP contribution in [0, 0.1) is 11.3 Å². The van der Waals surface area contributed by atoms with Crippen LogP contribution < -0.4 is 5.32 Å². The van der Waals surface area contributed by atoms with Crippen molar-refractivity contribution < 1.29 is 4.79 Å². The third-order valence-electron chi connectivity index (χ3n) is 4.02. The van der Waals surface area contributed by atoms with Crippen molar-refractivity contribution in [1.82, 2.24) is 4.90 Å². The van der Waals surface area contributed by atoms with Gasteiger partial charge in [0.2, 0.25) is 5.91 Å². The van der Waals surface area contributed by atoms with Gasteiger partial charge in [-0.15, -0.1) is 0 Å². The minimum atomic E-state index is 0.0303. The Morgan fingerprint density at radius 3 is 2.81 bits per heavy atom. The van der Waals surface area contributed by atoms with Gasteiger partial charge in [-0.2, -0.15) is 5.26 Å². The van der Waals surface area contributed by atoms with Crippen molar-refractivity contribution in [2.75, 3.05) is 18.4 Å². The number of hydrogen-bond donors (Lipinski definition) is 1. The molecule has 1 heterocycles. The average Bonchev–Trinajstić information content (AvgIpc) is 2.50. The number of nitriles is 1. The maximum absolute atomic E-state index is 12.2. The Labute approximate surface area is 126 Å². The van der Waals surface area contributed by atoms with E-state index in [9.17, 15) is 4.79 Å². The number of benzene rings is 1. The SMILES string of the molecule is CCCC1CCCCN1CC(=O)Nc1ccc(C#N)cc1. The van der Waals surface area contributed by atoms with Crippen LogP contribution in [0.5, 0.6) is 0 Å². The van der Waals surface area contributed by atoms with Crippen molar-refractivity contribution in [1.29, 1.82) is 5.26 Å². The lowest BCUT2D eigenvalue weighted by Gasteiger charge is -2.35. The van der Waals surface area contributed by atoms with Crippen molar-refractivity contribution in [2.24, 2.45) is 0 Å². The Hall–Kier alpha value is -1.86. The Bertz CT molecular complexity index is 502. The lowest BCUT2D eigenvalue weighted by atomic mass is 9.98. The van der Waals surface area contributed by atoms with Crippen molar-refractivity contribution >= 4 is 11.6 Å². The zero-order valence-electron chi connectivity index (χ0n) is 12.6. The molecule has 1 aromatic rings. The molecule has 0 saturated carbocycles. The number of nitrogens with zero attached hydrogens (tertiary/aromatic N) is 2. The first-order valence-corrected chi connectivity index (χ1v) is 7.77. The molecule has 1 aromatic carbocycles. The van der Waals surface area contributed by atoms with E-state index in [2.05, 4.69) is 23.2 Å². The number of carbonyl (C=O) groups excluding carboxylic acids is 1. The summed E-state index contributed by atoms with van der Waals surface area (Å²) in [4.78, 5) is 14.5. The summed E-state index contributed by atoms with van der Waals surface area (Å²) in [5.41, 5.74) is 1.36. The summed E-state index contributed by atoms with van der Waals surface area (Å²) in [7, 11) is 0. The summed E-state index contributed by atoms with van der Waals surface area (Å²) >= 11 is 0. The van der Waals surface area contributed by atoms with Gasteiger partial charge in [-0.1, -0.05) is 19.8 Å². The van der Waals surface area contributed by atoms with Crippen LogP contribution in [0.15, 0.2) is 24.3 Å². The lowest BCUT2D eigenvalue weighted by Crippen LogP contribution is -2.43. The van der Waals surface area contributed by atoms with Crippen LogP contribution in [-0.4, -0.2) is 29.9 Å². The zero-order chi connectivity index (χ0) is 15.1. The van der Waals surface area contributed by atoms with Crippen molar-refractivity contribution in [3.05, 3.63) is 29.8 Å². The molecule has 1 amide bonds. The van der Waals surface area contributed by atoms with Gasteiger partial charge in [0.25, 0.3) is 0 Å². The Morgan fingerprint density at radius 2 is 2.14 bits per heavy atom. The molecule has 0 radical (unpaired) electrons. The fraction of sp³-hybridized carbons (Fsp3) is 0.529. The maximum Gasteiger partial charge on any atom is 0.238 e. The Balaban J connectivity index is 1.89. The number of carbonyl (C=O) groups is 1. The fourth-order valence-corrected chi connectivity index (χ4v) is 2.94. The number of amides is 1. The van der Waals surface area contributed by atoms with E-state index in [1.165, 1.54) is 32.1 Å². The smallest absolute Gasteiger partial charge is 0.238 e. The number of hydrogen-bond acceptors (Lipinski definition) is 3. The van der Waals surface area contributed by atoms with E-state index in [1.807, 2.05) is 0 Å². The molecule has 2 rings (SSSR count). The molecule has 0 bridgehead atoms. The van der Waals surface area contributed by atoms with Gasteiger partial charge >= 0.3 is 0 Å². The van der Waals surface area contributed by atoms with Gasteiger partial charge in [0.05, 0.1) is 18.2 Å². The molecule has 0 aromatic heterocycles. The normalized spacial score (nSPS) is 19.0. The molecule has 1 N–H and O–H groups in total. The summed E-state index contributed by atoms with van der Waals surface area (Å²) in [5, 5.41) is 11.7. The first kappa shape index (κ1) is 15.5. The van der Waals surface area contributed by atoms with Crippen molar-refractivity contribution in [3.8, 4) is 6.07 Å². The summed E-state index contributed by atoms with van der Waals surface area (Å²) in [6.07, 6.45) is 6.00. The molecule has 0 aliphatic carbocycles. The molecule has 0 spiro atoms. The highest BCUT2D eigenvalue weighted by Gasteiger charge is 2.23. The van der Waals surface area contributed by atoms with Crippen molar-refractivity contribution in [3.63, 3.8) is 0 Å². The van der Waals surface area contributed by atoms with Gasteiger partial charge in [-0.25, -0.2) is 0 Å². The second-order valence-corrected chi connectivity index (χ2v) is 5.65. The quantitative estimate of drug-likeness (QED) is 0.904.